The summed E-state index contributed by atoms with van der Waals surface area (Å²) < 4.78 is 5.19. The molecule has 1 aliphatic heterocycles. The molecule has 1 aliphatic rings. The SMILES string of the molecule is CC(CON)C1=COCCC1. The first-order chi connectivity index (χ1) is 5.34. The van der Waals surface area contributed by atoms with E-state index in [0.717, 1.165) is 19.4 Å². The van der Waals surface area contributed by atoms with E-state index >= 15 is 0 Å². The molecule has 0 fully saturated rings. The van der Waals surface area contributed by atoms with Crippen LogP contribution in [-0.4, -0.2) is 13.2 Å². The van der Waals surface area contributed by atoms with Crippen molar-refractivity contribution in [3.8, 4) is 0 Å². The molecule has 3 nitrogen and oxygen atoms in total. The van der Waals surface area contributed by atoms with Gasteiger partial charge in [0.15, 0.2) is 0 Å². The second-order valence-corrected chi connectivity index (χ2v) is 2.90. The average Bonchev–Trinajstić information content (AvgIpc) is 2.07. The molecule has 0 bridgehead atoms. The summed E-state index contributed by atoms with van der Waals surface area (Å²) in [6, 6.07) is 0. The molecular weight excluding hydrogens is 142 g/mol. The maximum atomic E-state index is 5.19. The van der Waals surface area contributed by atoms with Gasteiger partial charge in [0, 0.05) is 5.92 Å². The zero-order valence-electron chi connectivity index (χ0n) is 6.88. The van der Waals surface area contributed by atoms with Crippen LogP contribution in [0.4, 0.5) is 0 Å². The van der Waals surface area contributed by atoms with Crippen molar-refractivity contribution in [3.63, 3.8) is 0 Å². The van der Waals surface area contributed by atoms with Crippen molar-refractivity contribution in [2.45, 2.75) is 19.8 Å². The third-order valence-electron chi connectivity index (χ3n) is 1.94. The Bertz CT molecular complexity index is 145. The fraction of sp³-hybridized carbons (Fsp3) is 0.750. The van der Waals surface area contributed by atoms with Crippen LogP contribution in [0.3, 0.4) is 0 Å². The lowest BCUT2D eigenvalue weighted by atomic mass is 9.98. The van der Waals surface area contributed by atoms with Crippen LogP contribution in [-0.2, 0) is 9.57 Å². The van der Waals surface area contributed by atoms with E-state index in [9.17, 15) is 0 Å². The van der Waals surface area contributed by atoms with Crippen LogP contribution >= 0.6 is 0 Å². The second kappa shape index (κ2) is 4.36. The molecule has 1 atom stereocenters. The van der Waals surface area contributed by atoms with E-state index in [0.29, 0.717) is 12.5 Å². The molecule has 1 unspecified atom stereocenters. The standard InChI is InChI=1S/C8H15NO2/c1-7(5-11-9)8-3-2-4-10-6-8/h6-7H,2-5,9H2,1H3. The molecule has 0 amide bonds. The highest BCUT2D eigenvalue weighted by Gasteiger charge is 2.11. The highest BCUT2D eigenvalue weighted by molar-refractivity contribution is 5.04. The Morgan fingerprint density at radius 1 is 1.82 bits per heavy atom. The fourth-order valence-corrected chi connectivity index (χ4v) is 1.20. The predicted octanol–water partition coefficient (Wildman–Crippen LogP) is 1.21. The molecule has 0 saturated carbocycles. The summed E-state index contributed by atoms with van der Waals surface area (Å²) in [5, 5.41) is 0. The zero-order valence-corrected chi connectivity index (χ0v) is 6.88. The van der Waals surface area contributed by atoms with Gasteiger partial charge in [-0.15, -0.1) is 0 Å². The summed E-state index contributed by atoms with van der Waals surface area (Å²) in [6.45, 7) is 3.52. The van der Waals surface area contributed by atoms with Gasteiger partial charge < -0.3 is 9.57 Å². The maximum absolute atomic E-state index is 5.19. The summed E-state index contributed by atoms with van der Waals surface area (Å²) >= 11 is 0. The first kappa shape index (κ1) is 8.56. The van der Waals surface area contributed by atoms with Crippen LogP contribution in [0.1, 0.15) is 19.8 Å². The van der Waals surface area contributed by atoms with Gasteiger partial charge in [0.1, 0.15) is 0 Å². The van der Waals surface area contributed by atoms with Gasteiger partial charge in [0.05, 0.1) is 19.5 Å². The van der Waals surface area contributed by atoms with E-state index in [2.05, 4.69) is 11.8 Å². The average molecular weight is 157 g/mol. The van der Waals surface area contributed by atoms with Crippen LogP contribution in [0.2, 0.25) is 0 Å². The molecule has 3 heteroatoms. The molecule has 11 heavy (non-hydrogen) atoms. The maximum Gasteiger partial charge on any atom is 0.0876 e. The van der Waals surface area contributed by atoms with E-state index < -0.39 is 0 Å². The number of hydrogen-bond acceptors (Lipinski definition) is 3. The molecule has 0 aromatic heterocycles. The van der Waals surface area contributed by atoms with Crippen molar-refractivity contribution >= 4 is 0 Å². The smallest absolute Gasteiger partial charge is 0.0876 e. The van der Waals surface area contributed by atoms with Gasteiger partial charge >= 0.3 is 0 Å². The Balaban J connectivity index is 2.37. The quantitative estimate of drug-likeness (QED) is 0.626. The molecule has 0 aliphatic carbocycles. The Morgan fingerprint density at radius 2 is 2.64 bits per heavy atom. The lowest BCUT2D eigenvalue weighted by Crippen LogP contribution is -2.14. The van der Waals surface area contributed by atoms with Crippen molar-refractivity contribution in [2.24, 2.45) is 11.8 Å². The largest absolute Gasteiger partial charge is 0.501 e. The van der Waals surface area contributed by atoms with Gasteiger partial charge in [0.2, 0.25) is 0 Å². The van der Waals surface area contributed by atoms with Gasteiger partial charge in [-0.3, -0.25) is 0 Å². The Labute approximate surface area is 67.1 Å². The fourth-order valence-electron chi connectivity index (χ4n) is 1.20. The van der Waals surface area contributed by atoms with Crippen molar-refractivity contribution in [2.75, 3.05) is 13.2 Å². The predicted molar refractivity (Wildman–Crippen MR) is 42.6 cm³/mol. The minimum atomic E-state index is 0.389. The first-order valence-corrected chi connectivity index (χ1v) is 3.97. The van der Waals surface area contributed by atoms with Gasteiger partial charge in [-0.1, -0.05) is 6.92 Å². The molecule has 0 saturated heterocycles. The van der Waals surface area contributed by atoms with Crippen LogP contribution in [0.15, 0.2) is 11.8 Å². The van der Waals surface area contributed by atoms with Gasteiger partial charge in [-0.25, -0.2) is 5.90 Å². The number of nitrogens with two attached hydrogens (primary N) is 1. The topological polar surface area (TPSA) is 44.5 Å². The molecular formula is C8H15NO2. The number of hydrogen-bond donors (Lipinski definition) is 1. The van der Waals surface area contributed by atoms with Gasteiger partial charge in [0.25, 0.3) is 0 Å². The van der Waals surface area contributed by atoms with Crippen molar-refractivity contribution in [1.82, 2.24) is 0 Å². The van der Waals surface area contributed by atoms with Gasteiger partial charge in [-0.05, 0) is 18.4 Å². The minimum absolute atomic E-state index is 0.389. The monoisotopic (exact) mass is 157 g/mol. The third kappa shape index (κ3) is 2.52. The van der Waals surface area contributed by atoms with Crippen LogP contribution in [0.5, 0.6) is 0 Å². The van der Waals surface area contributed by atoms with Crippen LogP contribution in [0.25, 0.3) is 0 Å². The third-order valence-corrected chi connectivity index (χ3v) is 1.94. The zero-order chi connectivity index (χ0) is 8.10. The summed E-state index contributed by atoms with van der Waals surface area (Å²) in [7, 11) is 0. The van der Waals surface area contributed by atoms with E-state index in [1.165, 1.54) is 5.57 Å². The summed E-state index contributed by atoms with van der Waals surface area (Å²) in [5.41, 5.74) is 1.31. The molecule has 0 radical (unpaired) electrons. The molecule has 0 spiro atoms. The molecule has 1 rings (SSSR count). The number of rotatable bonds is 3. The number of ether oxygens (including phenoxy) is 1. The van der Waals surface area contributed by atoms with E-state index in [4.69, 9.17) is 10.6 Å². The van der Waals surface area contributed by atoms with Crippen molar-refractivity contribution in [1.29, 1.82) is 0 Å². The van der Waals surface area contributed by atoms with Crippen molar-refractivity contribution < 1.29 is 9.57 Å². The lowest BCUT2D eigenvalue weighted by Gasteiger charge is -2.18. The molecule has 0 aromatic rings. The molecule has 2 N–H and O–H groups in total. The van der Waals surface area contributed by atoms with Crippen molar-refractivity contribution in [3.05, 3.63) is 11.8 Å². The normalized spacial score (nSPS) is 20.4. The Morgan fingerprint density at radius 3 is 3.18 bits per heavy atom. The van der Waals surface area contributed by atoms with Crippen LogP contribution in [0, 0.1) is 5.92 Å². The summed E-state index contributed by atoms with van der Waals surface area (Å²) in [6.07, 6.45) is 4.07. The lowest BCUT2D eigenvalue weighted by molar-refractivity contribution is 0.111. The van der Waals surface area contributed by atoms with E-state index in [1.54, 1.807) is 0 Å². The summed E-state index contributed by atoms with van der Waals surface area (Å²) in [5.74, 6) is 5.36. The molecule has 64 valence electrons. The van der Waals surface area contributed by atoms with Gasteiger partial charge in [-0.2, -0.15) is 0 Å². The summed E-state index contributed by atoms with van der Waals surface area (Å²) in [4.78, 5) is 4.56. The van der Waals surface area contributed by atoms with Crippen LogP contribution < -0.4 is 5.90 Å². The Kier molecular flexibility index (Phi) is 3.39. The van der Waals surface area contributed by atoms with E-state index in [1.807, 2.05) is 6.26 Å². The minimum Gasteiger partial charge on any atom is -0.501 e. The molecule has 1 heterocycles. The van der Waals surface area contributed by atoms with E-state index in [-0.39, 0.29) is 0 Å². The highest BCUT2D eigenvalue weighted by Crippen LogP contribution is 2.19. The first-order valence-electron chi connectivity index (χ1n) is 3.97. The highest BCUT2D eigenvalue weighted by atomic mass is 16.6. The molecule has 0 aromatic carbocycles. The second-order valence-electron chi connectivity index (χ2n) is 2.90. The Hall–Kier alpha value is -0.540.